The number of carbonyl (C=O) groups is 2. The zero-order valence-corrected chi connectivity index (χ0v) is 15.1. The molecule has 0 saturated carbocycles. The van der Waals surface area contributed by atoms with E-state index < -0.39 is 0 Å². The van der Waals surface area contributed by atoms with E-state index in [9.17, 15) is 9.59 Å². The number of hydrogen-bond donors (Lipinski definition) is 2. The highest BCUT2D eigenvalue weighted by atomic mass is 79.9. The number of carbonyl (C=O) groups excluding carboxylic acids is 2. The average molecular weight is 383 g/mol. The molecule has 0 aromatic carbocycles. The fourth-order valence-corrected chi connectivity index (χ4v) is 2.46. The normalized spacial score (nSPS) is 10.7. The van der Waals surface area contributed by atoms with Crippen LogP contribution in [-0.2, 0) is 18.4 Å². The number of anilines is 1. The van der Waals surface area contributed by atoms with Crippen molar-refractivity contribution in [3.05, 3.63) is 27.8 Å². The first-order chi connectivity index (χ1) is 10.8. The lowest BCUT2D eigenvalue weighted by molar-refractivity contribution is -0.116. The molecular formula is C14H19BrN6O2. The second kappa shape index (κ2) is 6.95. The SMILES string of the molecule is CNC(=O)c1nn(C)cc1NC(=O)CCn1nc(C)c(Br)c1C. The Bertz CT molecular complexity index is 749. The molecule has 2 heterocycles. The second-order valence-corrected chi connectivity index (χ2v) is 5.94. The van der Waals surface area contributed by atoms with E-state index in [4.69, 9.17) is 0 Å². The third kappa shape index (κ3) is 3.79. The summed E-state index contributed by atoms with van der Waals surface area (Å²) in [6, 6.07) is 0. The fourth-order valence-electron chi connectivity index (χ4n) is 2.18. The second-order valence-electron chi connectivity index (χ2n) is 5.15. The Morgan fingerprint density at radius 3 is 2.57 bits per heavy atom. The van der Waals surface area contributed by atoms with Crippen molar-refractivity contribution in [2.75, 3.05) is 12.4 Å². The fraction of sp³-hybridized carbons (Fsp3) is 0.429. The molecule has 124 valence electrons. The number of amides is 2. The summed E-state index contributed by atoms with van der Waals surface area (Å²) in [5, 5.41) is 13.6. The monoisotopic (exact) mass is 382 g/mol. The molecule has 0 saturated heterocycles. The van der Waals surface area contributed by atoms with Crippen LogP contribution in [0.5, 0.6) is 0 Å². The Balaban J connectivity index is 2.03. The lowest BCUT2D eigenvalue weighted by Gasteiger charge is -2.06. The minimum absolute atomic E-state index is 0.192. The van der Waals surface area contributed by atoms with Crippen molar-refractivity contribution >= 4 is 33.4 Å². The van der Waals surface area contributed by atoms with E-state index in [2.05, 4.69) is 36.8 Å². The Morgan fingerprint density at radius 1 is 1.30 bits per heavy atom. The number of hydrogen-bond acceptors (Lipinski definition) is 4. The van der Waals surface area contributed by atoms with Crippen molar-refractivity contribution in [2.45, 2.75) is 26.8 Å². The Kier molecular flexibility index (Phi) is 5.19. The van der Waals surface area contributed by atoms with Crippen molar-refractivity contribution in [3.63, 3.8) is 0 Å². The van der Waals surface area contributed by atoms with Gasteiger partial charge in [0, 0.05) is 32.4 Å². The van der Waals surface area contributed by atoms with Crippen LogP contribution in [0.4, 0.5) is 5.69 Å². The van der Waals surface area contributed by atoms with Crippen LogP contribution >= 0.6 is 15.9 Å². The van der Waals surface area contributed by atoms with Crippen LogP contribution < -0.4 is 10.6 Å². The third-order valence-corrected chi connectivity index (χ3v) is 4.54. The zero-order chi connectivity index (χ0) is 17.1. The summed E-state index contributed by atoms with van der Waals surface area (Å²) in [7, 11) is 3.21. The summed E-state index contributed by atoms with van der Waals surface area (Å²) >= 11 is 3.46. The van der Waals surface area contributed by atoms with Crippen LogP contribution in [0.15, 0.2) is 10.7 Å². The summed E-state index contributed by atoms with van der Waals surface area (Å²) in [6.07, 6.45) is 1.85. The lowest BCUT2D eigenvalue weighted by Crippen LogP contribution is -2.22. The molecule has 2 aromatic heterocycles. The van der Waals surface area contributed by atoms with Crippen molar-refractivity contribution in [2.24, 2.45) is 7.05 Å². The van der Waals surface area contributed by atoms with Gasteiger partial charge in [-0.05, 0) is 29.8 Å². The largest absolute Gasteiger partial charge is 0.354 e. The minimum Gasteiger partial charge on any atom is -0.354 e. The molecule has 2 amide bonds. The molecule has 2 rings (SSSR count). The van der Waals surface area contributed by atoms with Crippen LogP contribution in [0.25, 0.3) is 0 Å². The summed E-state index contributed by atoms with van der Waals surface area (Å²) in [5.41, 5.74) is 2.45. The van der Waals surface area contributed by atoms with Gasteiger partial charge in [0.05, 0.1) is 22.4 Å². The van der Waals surface area contributed by atoms with Gasteiger partial charge in [0.2, 0.25) is 5.91 Å². The molecule has 8 nitrogen and oxygen atoms in total. The van der Waals surface area contributed by atoms with Crippen molar-refractivity contribution in [3.8, 4) is 0 Å². The highest BCUT2D eigenvalue weighted by Crippen LogP contribution is 2.20. The lowest BCUT2D eigenvalue weighted by atomic mass is 10.3. The van der Waals surface area contributed by atoms with Crippen LogP contribution in [0.1, 0.15) is 28.3 Å². The highest BCUT2D eigenvalue weighted by Gasteiger charge is 2.17. The van der Waals surface area contributed by atoms with Gasteiger partial charge >= 0.3 is 0 Å². The molecule has 0 unspecified atom stereocenters. The molecule has 0 atom stereocenters. The number of aromatic nitrogens is 4. The smallest absolute Gasteiger partial charge is 0.273 e. The van der Waals surface area contributed by atoms with Crippen LogP contribution in [-0.4, -0.2) is 38.4 Å². The van der Waals surface area contributed by atoms with Crippen molar-refractivity contribution in [1.29, 1.82) is 0 Å². The van der Waals surface area contributed by atoms with E-state index in [0.29, 0.717) is 12.2 Å². The van der Waals surface area contributed by atoms with Gasteiger partial charge in [-0.25, -0.2) is 0 Å². The third-order valence-electron chi connectivity index (χ3n) is 3.39. The molecule has 0 spiro atoms. The summed E-state index contributed by atoms with van der Waals surface area (Å²) < 4.78 is 4.22. The van der Waals surface area contributed by atoms with E-state index in [1.54, 1.807) is 17.9 Å². The zero-order valence-electron chi connectivity index (χ0n) is 13.5. The number of halogens is 1. The molecule has 23 heavy (non-hydrogen) atoms. The van der Waals surface area contributed by atoms with Gasteiger partial charge in [0.1, 0.15) is 0 Å². The Labute approximate surface area is 142 Å². The van der Waals surface area contributed by atoms with E-state index in [1.807, 2.05) is 13.8 Å². The number of nitrogens with zero attached hydrogens (tertiary/aromatic N) is 4. The molecule has 9 heteroatoms. The molecule has 0 aliphatic carbocycles. The Hall–Kier alpha value is -2.16. The molecule has 0 aliphatic rings. The van der Waals surface area contributed by atoms with E-state index in [-0.39, 0.29) is 23.9 Å². The van der Waals surface area contributed by atoms with Gasteiger partial charge < -0.3 is 10.6 Å². The van der Waals surface area contributed by atoms with Crippen molar-refractivity contribution < 1.29 is 9.59 Å². The van der Waals surface area contributed by atoms with E-state index in [0.717, 1.165) is 15.9 Å². The van der Waals surface area contributed by atoms with Crippen LogP contribution in [0.3, 0.4) is 0 Å². The summed E-state index contributed by atoms with van der Waals surface area (Å²) in [5.74, 6) is -0.546. The van der Waals surface area contributed by atoms with Crippen molar-refractivity contribution in [1.82, 2.24) is 24.9 Å². The quantitative estimate of drug-likeness (QED) is 0.816. The van der Waals surface area contributed by atoms with E-state index in [1.165, 1.54) is 11.7 Å². The summed E-state index contributed by atoms with van der Waals surface area (Å²) in [6.45, 7) is 4.30. The molecule has 0 radical (unpaired) electrons. The molecule has 2 N–H and O–H groups in total. The maximum atomic E-state index is 12.1. The number of aryl methyl sites for hydroxylation is 3. The average Bonchev–Trinajstić information content (AvgIpc) is 2.99. The van der Waals surface area contributed by atoms with Crippen LogP contribution in [0, 0.1) is 13.8 Å². The molecule has 0 aliphatic heterocycles. The first-order valence-corrected chi connectivity index (χ1v) is 7.87. The predicted molar refractivity (Wildman–Crippen MR) is 89.2 cm³/mol. The standard InChI is InChI=1S/C14H19BrN6O2/c1-8-12(15)9(2)21(18-8)6-5-11(22)17-10-7-20(4)19-13(10)14(23)16-3/h7H,5-6H2,1-4H3,(H,16,23)(H,17,22). The number of nitrogens with one attached hydrogen (secondary N) is 2. The first kappa shape index (κ1) is 17.2. The Morgan fingerprint density at radius 2 is 2.00 bits per heavy atom. The first-order valence-electron chi connectivity index (χ1n) is 7.08. The van der Waals surface area contributed by atoms with Gasteiger partial charge in [0.25, 0.3) is 5.91 Å². The number of rotatable bonds is 5. The predicted octanol–water partition coefficient (Wildman–Crippen LogP) is 1.38. The minimum atomic E-state index is -0.344. The van der Waals surface area contributed by atoms with Gasteiger partial charge in [-0.2, -0.15) is 10.2 Å². The maximum Gasteiger partial charge on any atom is 0.273 e. The van der Waals surface area contributed by atoms with E-state index >= 15 is 0 Å². The van der Waals surface area contributed by atoms with Gasteiger partial charge in [-0.15, -0.1) is 0 Å². The van der Waals surface area contributed by atoms with Gasteiger partial charge in [-0.3, -0.25) is 19.0 Å². The topological polar surface area (TPSA) is 93.8 Å². The summed E-state index contributed by atoms with van der Waals surface area (Å²) in [4.78, 5) is 23.9. The van der Waals surface area contributed by atoms with Gasteiger partial charge in [-0.1, -0.05) is 0 Å². The highest BCUT2D eigenvalue weighted by molar-refractivity contribution is 9.10. The molecule has 0 fully saturated rings. The maximum absolute atomic E-state index is 12.1. The van der Waals surface area contributed by atoms with Gasteiger partial charge in [0.15, 0.2) is 5.69 Å². The molecular weight excluding hydrogens is 364 g/mol. The molecule has 2 aromatic rings. The molecule has 0 bridgehead atoms. The van der Waals surface area contributed by atoms with Crippen LogP contribution in [0.2, 0.25) is 0 Å².